The molecule has 1 N–H and O–H groups in total. The van der Waals surface area contributed by atoms with E-state index in [-0.39, 0.29) is 30.3 Å². The molecule has 2 aliphatic heterocycles. The molecule has 142 valence electrons. The summed E-state index contributed by atoms with van der Waals surface area (Å²) in [6, 6.07) is 7.60. The highest BCUT2D eigenvalue weighted by Gasteiger charge is 2.53. The van der Waals surface area contributed by atoms with Crippen molar-refractivity contribution in [3.05, 3.63) is 53.6 Å². The summed E-state index contributed by atoms with van der Waals surface area (Å²) in [7, 11) is -2.56. The summed E-state index contributed by atoms with van der Waals surface area (Å²) in [6.45, 7) is 0.00568. The number of carbonyl (C=O) groups is 1. The number of benzene rings is 2. The van der Waals surface area contributed by atoms with Crippen LogP contribution >= 0.6 is 0 Å². The largest absolute Gasteiger partial charge is 0.497 e. The number of fused-ring (bicyclic) bond motifs is 2. The van der Waals surface area contributed by atoms with Crippen LogP contribution in [0.1, 0.15) is 12.0 Å². The number of amides is 1. The van der Waals surface area contributed by atoms with Crippen LogP contribution in [0.5, 0.6) is 5.75 Å². The molecular formula is C18H16F2N2O4S. The molecule has 0 radical (unpaired) electrons. The van der Waals surface area contributed by atoms with Crippen LogP contribution in [0, 0.1) is 11.6 Å². The summed E-state index contributed by atoms with van der Waals surface area (Å²) >= 11 is 0. The number of nitrogens with zero attached hydrogens (tertiary/aromatic N) is 1. The number of anilines is 1. The minimum atomic E-state index is -4.07. The van der Waals surface area contributed by atoms with Crippen molar-refractivity contribution in [1.82, 2.24) is 4.31 Å². The van der Waals surface area contributed by atoms with Gasteiger partial charge in [-0.05, 0) is 48.4 Å². The Morgan fingerprint density at radius 2 is 1.93 bits per heavy atom. The van der Waals surface area contributed by atoms with E-state index in [1.165, 1.54) is 7.11 Å². The maximum absolute atomic E-state index is 13.5. The molecule has 1 fully saturated rings. The Labute approximate surface area is 154 Å². The Morgan fingerprint density at radius 3 is 2.63 bits per heavy atom. The van der Waals surface area contributed by atoms with E-state index in [2.05, 4.69) is 5.32 Å². The number of sulfonamides is 1. The predicted molar refractivity (Wildman–Crippen MR) is 93.0 cm³/mol. The highest BCUT2D eigenvalue weighted by molar-refractivity contribution is 7.89. The normalized spacial score (nSPS) is 22.1. The van der Waals surface area contributed by atoms with Gasteiger partial charge in [-0.3, -0.25) is 4.79 Å². The van der Waals surface area contributed by atoms with Crippen LogP contribution < -0.4 is 10.1 Å². The van der Waals surface area contributed by atoms with Gasteiger partial charge in [-0.2, -0.15) is 4.31 Å². The Kier molecular flexibility index (Phi) is 3.97. The molecule has 1 spiro atoms. The van der Waals surface area contributed by atoms with E-state index in [1.807, 2.05) is 0 Å². The van der Waals surface area contributed by atoms with Crippen LogP contribution in [-0.2, 0) is 20.2 Å². The standard InChI is InChI=1S/C18H16F2N2O4S/c1-26-11-2-5-16-13(8-11)18(17(23)21-16)6-7-22(10-18)27(24,25)12-3-4-14(19)15(20)9-12/h2-5,8-9H,6-7,10H2,1H3,(H,21,23). The maximum Gasteiger partial charge on any atom is 0.243 e. The van der Waals surface area contributed by atoms with Crippen LogP contribution in [0.25, 0.3) is 0 Å². The van der Waals surface area contributed by atoms with Crippen molar-refractivity contribution in [2.75, 3.05) is 25.5 Å². The molecular weight excluding hydrogens is 378 g/mol. The lowest BCUT2D eigenvalue weighted by atomic mass is 9.81. The summed E-state index contributed by atoms with van der Waals surface area (Å²) < 4.78 is 58.7. The lowest BCUT2D eigenvalue weighted by molar-refractivity contribution is -0.120. The average molecular weight is 394 g/mol. The van der Waals surface area contributed by atoms with Gasteiger partial charge >= 0.3 is 0 Å². The quantitative estimate of drug-likeness (QED) is 0.867. The molecule has 6 nitrogen and oxygen atoms in total. The number of halogens is 2. The highest BCUT2D eigenvalue weighted by Crippen LogP contribution is 2.46. The average Bonchev–Trinajstić information content (AvgIpc) is 3.21. The summed E-state index contributed by atoms with van der Waals surface area (Å²) in [4.78, 5) is 12.3. The first-order valence-electron chi connectivity index (χ1n) is 8.23. The molecule has 2 aromatic carbocycles. The second kappa shape index (κ2) is 6.00. The third-order valence-electron chi connectivity index (χ3n) is 5.19. The van der Waals surface area contributed by atoms with Gasteiger partial charge in [0.25, 0.3) is 0 Å². The molecule has 4 rings (SSSR count). The summed E-state index contributed by atoms with van der Waals surface area (Å²) in [5, 5.41) is 2.78. The van der Waals surface area contributed by atoms with E-state index >= 15 is 0 Å². The number of nitrogens with one attached hydrogen (secondary N) is 1. The third kappa shape index (κ3) is 2.61. The van der Waals surface area contributed by atoms with Crippen molar-refractivity contribution < 1.29 is 26.7 Å². The zero-order valence-corrected chi connectivity index (χ0v) is 15.1. The van der Waals surface area contributed by atoms with Crippen molar-refractivity contribution in [2.45, 2.75) is 16.7 Å². The minimum Gasteiger partial charge on any atom is -0.497 e. The summed E-state index contributed by atoms with van der Waals surface area (Å²) in [6.07, 6.45) is 0.280. The van der Waals surface area contributed by atoms with Gasteiger partial charge in [0.15, 0.2) is 11.6 Å². The Bertz CT molecular complexity index is 1060. The molecule has 0 bridgehead atoms. The Morgan fingerprint density at radius 1 is 1.15 bits per heavy atom. The van der Waals surface area contributed by atoms with Crippen molar-refractivity contribution in [3.8, 4) is 5.75 Å². The molecule has 0 aromatic heterocycles. The summed E-state index contributed by atoms with van der Waals surface area (Å²) in [5.74, 6) is -2.08. The van der Waals surface area contributed by atoms with Gasteiger partial charge in [0.1, 0.15) is 5.75 Å². The second-order valence-corrected chi connectivity index (χ2v) is 8.55. The number of ether oxygens (including phenoxy) is 1. The first-order valence-corrected chi connectivity index (χ1v) is 9.67. The van der Waals surface area contributed by atoms with E-state index in [9.17, 15) is 22.0 Å². The SMILES string of the molecule is COc1ccc2c(c1)C1(CCN(S(=O)(=O)c3ccc(F)c(F)c3)C1)C(=O)N2. The minimum absolute atomic E-state index is 0.0830. The molecule has 2 aromatic rings. The number of methoxy groups -OCH3 is 1. The monoisotopic (exact) mass is 394 g/mol. The molecule has 1 atom stereocenters. The maximum atomic E-state index is 13.5. The van der Waals surface area contributed by atoms with E-state index in [0.717, 1.165) is 16.4 Å². The van der Waals surface area contributed by atoms with Crippen LogP contribution in [0.4, 0.5) is 14.5 Å². The van der Waals surface area contributed by atoms with Crippen LogP contribution in [0.3, 0.4) is 0 Å². The fraction of sp³-hybridized carbons (Fsp3) is 0.278. The van der Waals surface area contributed by atoms with Crippen LogP contribution in [-0.4, -0.2) is 38.8 Å². The van der Waals surface area contributed by atoms with E-state index in [1.54, 1.807) is 18.2 Å². The van der Waals surface area contributed by atoms with Crippen molar-refractivity contribution in [2.24, 2.45) is 0 Å². The van der Waals surface area contributed by atoms with Crippen LogP contribution in [0.2, 0.25) is 0 Å². The zero-order valence-electron chi connectivity index (χ0n) is 14.3. The molecule has 27 heavy (non-hydrogen) atoms. The van der Waals surface area contributed by atoms with Crippen molar-refractivity contribution in [3.63, 3.8) is 0 Å². The van der Waals surface area contributed by atoms with Gasteiger partial charge in [-0.25, -0.2) is 17.2 Å². The van der Waals surface area contributed by atoms with Gasteiger partial charge in [-0.15, -0.1) is 0 Å². The first kappa shape index (κ1) is 17.9. The smallest absolute Gasteiger partial charge is 0.243 e. The highest BCUT2D eigenvalue weighted by atomic mass is 32.2. The topological polar surface area (TPSA) is 75.7 Å². The van der Waals surface area contributed by atoms with E-state index < -0.39 is 27.1 Å². The second-order valence-electron chi connectivity index (χ2n) is 6.61. The molecule has 2 heterocycles. The van der Waals surface area contributed by atoms with E-state index in [0.29, 0.717) is 23.1 Å². The molecule has 1 amide bonds. The Balaban J connectivity index is 1.71. The Hall–Kier alpha value is -2.52. The number of rotatable bonds is 3. The number of hydrogen-bond acceptors (Lipinski definition) is 4. The third-order valence-corrected chi connectivity index (χ3v) is 7.03. The number of carbonyl (C=O) groups excluding carboxylic acids is 1. The van der Waals surface area contributed by atoms with Gasteiger partial charge in [0, 0.05) is 18.8 Å². The molecule has 0 saturated carbocycles. The van der Waals surface area contributed by atoms with E-state index in [4.69, 9.17) is 4.74 Å². The van der Waals surface area contributed by atoms with Crippen molar-refractivity contribution in [1.29, 1.82) is 0 Å². The lowest BCUT2D eigenvalue weighted by Gasteiger charge is -2.22. The van der Waals surface area contributed by atoms with Gasteiger partial charge in [0.05, 0.1) is 17.4 Å². The first-order chi connectivity index (χ1) is 12.8. The zero-order chi connectivity index (χ0) is 19.4. The predicted octanol–water partition coefficient (Wildman–Crippen LogP) is 2.26. The van der Waals surface area contributed by atoms with Gasteiger partial charge in [-0.1, -0.05) is 0 Å². The molecule has 1 saturated heterocycles. The molecule has 0 aliphatic carbocycles. The fourth-order valence-electron chi connectivity index (χ4n) is 3.69. The summed E-state index contributed by atoms with van der Waals surface area (Å²) in [5.41, 5.74) is 0.262. The van der Waals surface area contributed by atoms with Crippen LogP contribution in [0.15, 0.2) is 41.3 Å². The fourth-order valence-corrected chi connectivity index (χ4v) is 5.20. The molecule has 2 aliphatic rings. The number of hydrogen-bond donors (Lipinski definition) is 1. The van der Waals surface area contributed by atoms with Crippen molar-refractivity contribution >= 4 is 21.6 Å². The molecule has 1 unspecified atom stereocenters. The van der Waals surface area contributed by atoms with Gasteiger partial charge < -0.3 is 10.1 Å². The molecule has 9 heteroatoms. The van der Waals surface area contributed by atoms with Gasteiger partial charge in [0.2, 0.25) is 15.9 Å². The lowest BCUT2D eigenvalue weighted by Crippen LogP contribution is -2.39.